The predicted octanol–water partition coefficient (Wildman–Crippen LogP) is 2.79. The smallest absolute Gasteiger partial charge is 0.251 e. The van der Waals surface area contributed by atoms with Gasteiger partial charge in [-0.25, -0.2) is 8.42 Å². The van der Waals surface area contributed by atoms with Gasteiger partial charge in [-0.3, -0.25) is 4.79 Å². The van der Waals surface area contributed by atoms with Gasteiger partial charge in [-0.1, -0.05) is 18.6 Å². The molecule has 1 aromatic rings. The van der Waals surface area contributed by atoms with Gasteiger partial charge in [-0.2, -0.15) is 0 Å². The number of nitrogens with one attached hydrogen (secondary N) is 1. The standard InChI is InChI=1S/C18H25NO3S/c1-12(17-10-14-5-8-16(17)9-14)19-18(20)15-6-3-13(4-7-15)11-23(2,21)22/h3-4,6-7,12,14,16-17H,5,8-11H2,1-2H3,(H,19,20)/t12-,14-,16-,17+/m1/s1. The first kappa shape index (κ1) is 16.5. The summed E-state index contributed by atoms with van der Waals surface area (Å²) >= 11 is 0. The molecule has 5 heteroatoms. The Bertz CT molecular complexity index is 681. The topological polar surface area (TPSA) is 63.2 Å². The Hall–Kier alpha value is -1.36. The van der Waals surface area contributed by atoms with Crippen LogP contribution >= 0.6 is 0 Å². The van der Waals surface area contributed by atoms with E-state index in [1.807, 2.05) is 0 Å². The zero-order valence-corrected chi connectivity index (χ0v) is 14.6. The molecule has 1 N–H and O–H groups in total. The molecule has 0 heterocycles. The molecule has 0 aromatic heterocycles. The molecule has 1 aromatic carbocycles. The lowest BCUT2D eigenvalue weighted by atomic mass is 9.84. The normalized spacial score (nSPS) is 27.8. The second-order valence-corrected chi connectivity index (χ2v) is 9.51. The molecular formula is C18H25NO3S. The van der Waals surface area contributed by atoms with E-state index in [9.17, 15) is 13.2 Å². The third-order valence-corrected chi connectivity index (χ3v) is 6.30. The fourth-order valence-electron chi connectivity index (χ4n) is 4.36. The Kier molecular flexibility index (Phi) is 4.50. The lowest BCUT2D eigenvalue weighted by molar-refractivity contribution is 0.0915. The Morgan fingerprint density at radius 3 is 2.43 bits per heavy atom. The van der Waals surface area contributed by atoms with Gasteiger partial charge in [0.1, 0.15) is 0 Å². The number of rotatable bonds is 5. The van der Waals surface area contributed by atoms with Gasteiger partial charge in [-0.05, 0) is 61.6 Å². The van der Waals surface area contributed by atoms with E-state index in [1.165, 1.54) is 31.9 Å². The zero-order chi connectivity index (χ0) is 16.6. The minimum Gasteiger partial charge on any atom is -0.349 e. The molecule has 0 unspecified atom stereocenters. The molecule has 1 amide bonds. The highest BCUT2D eigenvalue weighted by Gasteiger charge is 2.42. The SMILES string of the molecule is C[C@@H](NC(=O)c1ccc(CS(C)(=O)=O)cc1)[C@@H]1C[C@@H]2CC[C@@H]1C2. The van der Waals surface area contributed by atoms with Gasteiger partial charge in [0, 0.05) is 17.9 Å². The average Bonchev–Trinajstić information content (AvgIpc) is 3.08. The van der Waals surface area contributed by atoms with Crippen LogP contribution < -0.4 is 5.32 Å². The van der Waals surface area contributed by atoms with Crippen LogP contribution in [0, 0.1) is 17.8 Å². The van der Waals surface area contributed by atoms with Crippen molar-refractivity contribution in [2.45, 2.75) is 44.4 Å². The van der Waals surface area contributed by atoms with Crippen LogP contribution in [0.4, 0.5) is 0 Å². The van der Waals surface area contributed by atoms with Crippen LogP contribution in [0.15, 0.2) is 24.3 Å². The predicted molar refractivity (Wildman–Crippen MR) is 90.9 cm³/mol. The molecule has 126 valence electrons. The summed E-state index contributed by atoms with van der Waals surface area (Å²) in [5.74, 6) is 2.22. The minimum absolute atomic E-state index is 0.0104. The number of hydrogen-bond acceptors (Lipinski definition) is 3. The number of fused-ring (bicyclic) bond motifs is 2. The summed E-state index contributed by atoms with van der Waals surface area (Å²) in [7, 11) is -3.05. The second-order valence-electron chi connectivity index (χ2n) is 7.37. The second kappa shape index (κ2) is 6.27. The van der Waals surface area contributed by atoms with Gasteiger partial charge in [0.25, 0.3) is 5.91 Å². The molecule has 2 aliphatic rings. The van der Waals surface area contributed by atoms with E-state index in [4.69, 9.17) is 0 Å². The van der Waals surface area contributed by atoms with Crippen molar-refractivity contribution in [3.05, 3.63) is 35.4 Å². The van der Waals surface area contributed by atoms with Gasteiger partial charge in [0.05, 0.1) is 5.75 Å². The number of hydrogen-bond donors (Lipinski definition) is 1. The largest absolute Gasteiger partial charge is 0.349 e. The van der Waals surface area contributed by atoms with Gasteiger partial charge >= 0.3 is 0 Å². The summed E-state index contributed by atoms with van der Waals surface area (Å²) in [6.07, 6.45) is 6.48. The van der Waals surface area contributed by atoms with E-state index in [0.29, 0.717) is 17.0 Å². The highest BCUT2D eigenvalue weighted by atomic mass is 32.2. The maximum Gasteiger partial charge on any atom is 0.251 e. The first-order chi connectivity index (χ1) is 10.8. The summed E-state index contributed by atoms with van der Waals surface area (Å²) in [6.45, 7) is 2.11. The van der Waals surface area contributed by atoms with Gasteiger partial charge in [0.15, 0.2) is 9.84 Å². The molecule has 4 nitrogen and oxygen atoms in total. The zero-order valence-electron chi connectivity index (χ0n) is 13.8. The van der Waals surface area contributed by atoms with Crippen LogP contribution in [0.5, 0.6) is 0 Å². The third-order valence-electron chi connectivity index (χ3n) is 5.44. The Balaban J connectivity index is 1.59. The van der Waals surface area contributed by atoms with Crippen LogP contribution in [0.1, 0.15) is 48.5 Å². The van der Waals surface area contributed by atoms with E-state index < -0.39 is 9.84 Å². The summed E-state index contributed by atoms with van der Waals surface area (Å²) < 4.78 is 22.6. The van der Waals surface area contributed by atoms with E-state index >= 15 is 0 Å². The van der Waals surface area contributed by atoms with Crippen molar-refractivity contribution in [1.82, 2.24) is 5.32 Å². The summed E-state index contributed by atoms with van der Waals surface area (Å²) in [5, 5.41) is 3.13. The molecule has 2 bridgehead atoms. The van der Waals surface area contributed by atoms with Crippen LogP contribution in [0.3, 0.4) is 0 Å². The molecule has 4 atom stereocenters. The minimum atomic E-state index is -3.05. The van der Waals surface area contributed by atoms with Crippen LogP contribution in [0.2, 0.25) is 0 Å². The highest BCUT2D eigenvalue weighted by molar-refractivity contribution is 7.89. The molecular weight excluding hydrogens is 310 g/mol. The lowest BCUT2D eigenvalue weighted by Crippen LogP contribution is -2.40. The number of carbonyl (C=O) groups is 1. The van der Waals surface area contributed by atoms with Crippen molar-refractivity contribution in [1.29, 1.82) is 0 Å². The molecule has 3 rings (SSSR count). The average molecular weight is 335 g/mol. The van der Waals surface area contributed by atoms with E-state index in [0.717, 1.165) is 11.8 Å². The van der Waals surface area contributed by atoms with Gasteiger partial charge < -0.3 is 5.32 Å². The maximum atomic E-state index is 12.4. The molecule has 0 radical (unpaired) electrons. The van der Waals surface area contributed by atoms with Crippen LogP contribution in [-0.2, 0) is 15.6 Å². The first-order valence-corrected chi connectivity index (χ1v) is 10.5. The van der Waals surface area contributed by atoms with Crippen molar-refractivity contribution < 1.29 is 13.2 Å². The Labute approximate surface area is 138 Å². The van der Waals surface area contributed by atoms with E-state index in [-0.39, 0.29) is 17.7 Å². The Morgan fingerprint density at radius 1 is 1.22 bits per heavy atom. The lowest BCUT2D eigenvalue weighted by Gasteiger charge is -2.28. The van der Waals surface area contributed by atoms with E-state index in [1.54, 1.807) is 24.3 Å². The first-order valence-electron chi connectivity index (χ1n) is 8.39. The third kappa shape index (κ3) is 3.94. The van der Waals surface area contributed by atoms with Crippen LogP contribution in [0.25, 0.3) is 0 Å². The fourth-order valence-corrected chi connectivity index (χ4v) is 5.16. The summed E-state index contributed by atoms with van der Waals surface area (Å²) in [5.41, 5.74) is 1.31. The number of sulfone groups is 1. The molecule has 0 spiro atoms. The molecule has 0 aliphatic heterocycles. The van der Waals surface area contributed by atoms with Crippen molar-refractivity contribution in [3.63, 3.8) is 0 Å². The van der Waals surface area contributed by atoms with Gasteiger partial charge in [0.2, 0.25) is 0 Å². The molecule has 2 saturated carbocycles. The molecule has 23 heavy (non-hydrogen) atoms. The van der Waals surface area contributed by atoms with Crippen molar-refractivity contribution in [2.24, 2.45) is 17.8 Å². The monoisotopic (exact) mass is 335 g/mol. The highest BCUT2D eigenvalue weighted by Crippen LogP contribution is 2.49. The summed E-state index contributed by atoms with van der Waals surface area (Å²) in [6, 6.07) is 7.07. The quantitative estimate of drug-likeness (QED) is 0.900. The molecule has 2 fully saturated rings. The Morgan fingerprint density at radius 2 is 1.91 bits per heavy atom. The summed E-state index contributed by atoms with van der Waals surface area (Å²) in [4.78, 5) is 12.4. The van der Waals surface area contributed by atoms with Gasteiger partial charge in [-0.15, -0.1) is 0 Å². The van der Waals surface area contributed by atoms with Crippen molar-refractivity contribution in [3.8, 4) is 0 Å². The van der Waals surface area contributed by atoms with E-state index in [2.05, 4.69) is 12.2 Å². The fraction of sp³-hybridized carbons (Fsp3) is 0.611. The number of carbonyl (C=O) groups excluding carboxylic acids is 1. The molecule has 0 saturated heterocycles. The maximum absolute atomic E-state index is 12.4. The van der Waals surface area contributed by atoms with Crippen molar-refractivity contribution >= 4 is 15.7 Å². The van der Waals surface area contributed by atoms with Crippen LogP contribution in [-0.4, -0.2) is 26.6 Å². The number of benzene rings is 1. The van der Waals surface area contributed by atoms with Crippen molar-refractivity contribution in [2.75, 3.05) is 6.26 Å². The molecule has 2 aliphatic carbocycles. The number of amides is 1.